The van der Waals surface area contributed by atoms with Gasteiger partial charge in [-0.3, -0.25) is 10.2 Å². The van der Waals surface area contributed by atoms with Crippen LogP contribution in [0.4, 0.5) is 5.69 Å². The lowest BCUT2D eigenvalue weighted by Gasteiger charge is -2.49. The highest BCUT2D eigenvalue weighted by Crippen LogP contribution is 2.47. The molecular formula is C18H20N3O2P. The van der Waals surface area contributed by atoms with Gasteiger partial charge >= 0.3 is 0 Å². The maximum absolute atomic E-state index is 12.3. The van der Waals surface area contributed by atoms with E-state index in [1.165, 1.54) is 0 Å². The maximum atomic E-state index is 12.3. The number of nitrogens with one attached hydrogen (secondary N) is 1. The molecule has 1 heterocycles. The molecule has 6 heteroatoms. The summed E-state index contributed by atoms with van der Waals surface area (Å²) in [6.45, 7) is 2.55. The van der Waals surface area contributed by atoms with Gasteiger partial charge in [0.25, 0.3) is 0 Å². The van der Waals surface area contributed by atoms with E-state index in [-0.39, 0.29) is 23.2 Å². The van der Waals surface area contributed by atoms with Gasteiger partial charge in [0.15, 0.2) is 5.78 Å². The summed E-state index contributed by atoms with van der Waals surface area (Å²) in [5.41, 5.74) is 1.08. The number of methoxy groups -OCH3 is 1. The van der Waals surface area contributed by atoms with Crippen LogP contribution in [-0.2, 0) is 4.79 Å². The van der Waals surface area contributed by atoms with Crippen molar-refractivity contribution in [2.45, 2.75) is 18.5 Å². The zero-order valence-corrected chi connectivity index (χ0v) is 14.9. The SMILES string of the molecule is COc1ccc(N2CC[C@@H]3[C@@H](C)C(=O)C(C#N)=C[C@@]3(P)C2=N)cc1. The van der Waals surface area contributed by atoms with E-state index in [0.717, 1.165) is 17.9 Å². The largest absolute Gasteiger partial charge is 0.497 e. The van der Waals surface area contributed by atoms with Gasteiger partial charge in [-0.15, -0.1) is 9.24 Å². The third-order valence-corrected chi connectivity index (χ3v) is 6.00. The summed E-state index contributed by atoms with van der Waals surface area (Å²) in [7, 11) is 4.35. The van der Waals surface area contributed by atoms with Crippen molar-refractivity contribution in [3.8, 4) is 11.8 Å². The van der Waals surface area contributed by atoms with Gasteiger partial charge in [0.2, 0.25) is 0 Å². The fourth-order valence-electron chi connectivity index (χ4n) is 3.71. The summed E-state index contributed by atoms with van der Waals surface area (Å²) in [6, 6.07) is 9.59. The van der Waals surface area contributed by atoms with Crippen LogP contribution in [0.5, 0.6) is 5.75 Å². The molecule has 0 aromatic heterocycles. The standard InChI is InChI=1S/C18H20N3O2P/c1-11-15-7-8-21(13-3-5-14(23-2)6-4-13)17(20)18(15,24)9-12(10-19)16(11)22/h3-6,9,11,15,20H,7-8,24H2,1-2H3/t11-,15-,18+/m1/s1. The smallest absolute Gasteiger partial charge is 0.176 e. The number of amidine groups is 1. The number of benzene rings is 1. The minimum Gasteiger partial charge on any atom is -0.497 e. The van der Waals surface area contributed by atoms with E-state index in [2.05, 4.69) is 9.24 Å². The highest BCUT2D eigenvalue weighted by atomic mass is 31.0. The second kappa shape index (κ2) is 6.03. The Morgan fingerprint density at radius 1 is 1.42 bits per heavy atom. The molecule has 0 amide bonds. The Labute approximate surface area is 144 Å². The predicted octanol–water partition coefficient (Wildman–Crippen LogP) is 2.78. The minimum absolute atomic E-state index is 0.0223. The van der Waals surface area contributed by atoms with Crippen molar-refractivity contribution >= 4 is 26.5 Å². The Hall–Kier alpha value is -2.18. The van der Waals surface area contributed by atoms with Crippen molar-refractivity contribution in [1.29, 1.82) is 10.7 Å². The molecule has 0 saturated carbocycles. The second-order valence-electron chi connectivity index (χ2n) is 6.35. The number of piperidine rings is 1. The van der Waals surface area contributed by atoms with Crippen LogP contribution in [0.1, 0.15) is 13.3 Å². The zero-order valence-electron chi connectivity index (χ0n) is 13.7. The first-order valence-corrected chi connectivity index (χ1v) is 8.46. The zero-order chi connectivity index (χ0) is 17.5. The molecule has 2 aliphatic rings. The normalized spacial score (nSPS) is 29.6. The number of rotatable bonds is 2. The first kappa shape index (κ1) is 16.7. The molecule has 0 bridgehead atoms. The Morgan fingerprint density at radius 3 is 2.67 bits per heavy atom. The van der Waals surface area contributed by atoms with Gasteiger partial charge in [-0.25, -0.2) is 0 Å². The number of fused-ring (bicyclic) bond motifs is 1. The van der Waals surface area contributed by atoms with Crippen LogP contribution >= 0.6 is 9.24 Å². The molecule has 0 spiro atoms. The highest BCUT2D eigenvalue weighted by molar-refractivity contribution is 7.21. The van der Waals surface area contributed by atoms with Crippen molar-refractivity contribution in [3.63, 3.8) is 0 Å². The first-order chi connectivity index (χ1) is 11.4. The van der Waals surface area contributed by atoms with Crippen molar-refractivity contribution in [2.75, 3.05) is 18.6 Å². The van der Waals surface area contributed by atoms with Crippen molar-refractivity contribution in [1.82, 2.24) is 0 Å². The third kappa shape index (κ3) is 2.42. The molecule has 0 radical (unpaired) electrons. The number of hydrogen-bond donors (Lipinski definition) is 1. The average molecular weight is 341 g/mol. The van der Waals surface area contributed by atoms with Gasteiger partial charge in [0, 0.05) is 18.2 Å². The van der Waals surface area contributed by atoms with Gasteiger partial charge < -0.3 is 9.64 Å². The van der Waals surface area contributed by atoms with E-state index in [4.69, 9.17) is 10.1 Å². The molecule has 1 unspecified atom stereocenters. The van der Waals surface area contributed by atoms with E-state index in [9.17, 15) is 10.1 Å². The van der Waals surface area contributed by atoms with Gasteiger partial charge in [0.05, 0.1) is 17.8 Å². The quantitative estimate of drug-likeness (QED) is 0.839. The van der Waals surface area contributed by atoms with Crippen LogP contribution in [0.2, 0.25) is 0 Å². The monoisotopic (exact) mass is 341 g/mol. The predicted molar refractivity (Wildman–Crippen MR) is 96.5 cm³/mol. The molecule has 1 aromatic carbocycles. The number of ketones is 1. The van der Waals surface area contributed by atoms with Gasteiger partial charge in [-0.2, -0.15) is 5.26 Å². The van der Waals surface area contributed by atoms with E-state index in [1.807, 2.05) is 42.2 Å². The Balaban J connectivity index is 1.99. The van der Waals surface area contributed by atoms with E-state index in [1.54, 1.807) is 13.2 Å². The molecule has 24 heavy (non-hydrogen) atoms. The highest BCUT2D eigenvalue weighted by Gasteiger charge is 2.51. The molecular weight excluding hydrogens is 321 g/mol. The van der Waals surface area contributed by atoms with Crippen molar-refractivity contribution < 1.29 is 9.53 Å². The van der Waals surface area contributed by atoms with E-state index >= 15 is 0 Å². The number of carbonyl (C=O) groups is 1. The molecule has 1 fully saturated rings. The van der Waals surface area contributed by atoms with Crippen LogP contribution in [0.3, 0.4) is 0 Å². The molecule has 1 aromatic rings. The molecule has 124 valence electrons. The number of Topliss-reactive ketones (excluding diaryl/α,β-unsaturated/α-hetero) is 1. The van der Waals surface area contributed by atoms with Crippen LogP contribution in [0, 0.1) is 28.6 Å². The van der Waals surface area contributed by atoms with Gasteiger partial charge in [-0.1, -0.05) is 6.92 Å². The molecule has 1 N–H and O–H groups in total. The summed E-state index contributed by atoms with van der Waals surface area (Å²) in [5, 5.41) is 17.3. The van der Waals surface area contributed by atoms with Crippen LogP contribution in [0.25, 0.3) is 0 Å². The van der Waals surface area contributed by atoms with Gasteiger partial charge in [-0.05, 0) is 42.7 Å². The summed E-state index contributed by atoms with van der Waals surface area (Å²) >= 11 is 0. The Kier molecular flexibility index (Phi) is 4.19. The lowest BCUT2D eigenvalue weighted by Crippen LogP contribution is -2.58. The molecule has 3 rings (SSSR count). The number of ether oxygens (including phenoxy) is 1. The number of allylic oxidation sites excluding steroid dienone is 1. The van der Waals surface area contributed by atoms with Crippen LogP contribution in [-0.4, -0.2) is 30.4 Å². The lowest BCUT2D eigenvalue weighted by atomic mass is 9.68. The molecule has 5 nitrogen and oxygen atoms in total. The lowest BCUT2D eigenvalue weighted by molar-refractivity contribution is -0.120. The number of carbonyl (C=O) groups excluding carboxylic acids is 1. The second-order valence-corrected chi connectivity index (χ2v) is 7.30. The summed E-state index contributed by atoms with van der Waals surface area (Å²) < 4.78 is 5.18. The Morgan fingerprint density at radius 2 is 2.08 bits per heavy atom. The molecule has 4 atom stereocenters. The number of hydrogen-bond acceptors (Lipinski definition) is 4. The number of nitriles is 1. The van der Waals surface area contributed by atoms with Crippen molar-refractivity contribution in [2.24, 2.45) is 11.8 Å². The average Bonchev–Trinajstić information content (AvgIpc) is 2.60. The van der Waals surface area contributed by atoms with Crippen LogP contribution in [0.15, 0.2) is 35.9 Å². The van der Waals surface area contributed by atoms with E-state index < -0.39 is 5.16 Å². The number of anilines is 1. The molecule has 1 aliphatic heterocycles. The summed E-state index contributed by atoms with van der Waals surface area (Å²) in [5.74, 6) is 0.839. The first-order valence-electron chi connectivity index (χ1n) is 7.89. The topological polar surface area (TPSA) is 77.2 Å². The van der Waals surface area contributed by atoms with Crippen LogP contribution < -0.4 is 9.64 Å². The fraction of sp³-hybridized carbons (Fsp3) is 0.389. The molecule has 1 saturated heterocycles. The summed E-state index contributed by atoms with van der Waals surface area (Å²) in [6.07, 6.45) is 2.46. The third-order valence-electron chi connectivity index (χ3n) is 5.13. The van der Waals surface area contributed by atoms with E-state index in [0.29, 0.717) is 12.4 Å². The van der Waals surface area contributed by atoms with Crippen molar-refractivity contribution in [3.05, 3.63) is 35.9 Å². The van der Waals surface area contributed by atoms with Gasteiger partial charge in [0.1, 0.15) is 17.7 Å². The molecule has 1 aliphatic carbocycles. The maximum Gasteiger partial charge on any atom is 0.176 e. The summed E-state index contributed by atoms with van der Waals surface area (Å²) in [4.78, 5) is 14.2. The number of nitrogens with zero attached hydrogens (tertiary/aromatic N) is 2. The minimum atomic E-state index is -0.684. The fourth-order valence-corrected chi connectivity index (χ4v) is 4.49. The Bertz CT molecular complexity index is 765.